The number of nitrogens with one attached hydrogen (secondary N) is 1. The number of aliphatic hydroxyl groups excluding tert-OH is 1. The highest BCUT2D eigenvalue weighted by Crippen LogP contribution is 2.19. The molecule has 0 bridgehead atoms. The summed E-state index contributed by atoms with van der Waals surface area (Å²) in [6.45, 7) is -0.119. The first-order chi connectivity index (χ1) is 7.88. The van der Waals surface area contributed by atoms with E-state index in [-0.39, 0.29) is 13.1 Å². The van der Waals surface area contributed by atoms with Crippen LogP contribution in [0.2, 0.25) is 5.02 Å². The van der Waals surface area contributed by atoms with Gasteiger partial charge in [-0.2, -0.15) is 13.2 Å². The normalized spacial score (nSPS) is 13.7. The Kier molecular flexibility index (Phi) is 5.24. The fraction of sp³-hybridized carbons (Fsp3) is 0.455. The summed E-state index contributed by atoms with van der Waals surface area (Å²) in [7, 11) is 0. The molecular formula is C11H13ClF3NO. The number of halogens is 4. The van der Waals surface area contributed by atoms with Gasteiger partial charge in [0.2, 0.25) is 0 Å². The quantitative estimate of drug-likeness (QED) is 0.804. The number of hydrogen-bond donors (Lipinski definition) is 2. The largest absolute Gasteiger partial charge is 0.390 e. The standard InChI is InChI=1S/C11H13ClF3NO/c12-9-3-1-8(2-4-9)10(17)7-16-6-5-11(13,14)15/h1-4,10,16-17H,5-7H2. The first-order valence-electron chi connectivity index (χ1n) is 5.09. The van der Waals surface area contributed by atoms with Crippen molar-refractivity contribution in [3.05, 3.63) is 34.9 Å². The molecule has 0 aromatic heterocycles. The lowest BCUT2D eigenvalue weighted by molar-refractivity contribution is -0.133. The molecule has 6 heteroatoms. The van der Waals surface area contributed by atoms with Gasteiger partial charge in [-0.25, -0.2) is 0 Å². The minimum atomic E-state index is -4.17. The van der Waals surface area contributed by atoms with E-state index in [1.54, 1.807) is 24.3 Å². The number of benzene rings is 1. The maximum Gasteiger partial charge on any atom is 0.390 e. The SMILES string of the molecule is OC(CNCCC(F)(F)F)c1ccc(Cl)cc1. The molecule has 0 aliphatic rings. The predicted molar refractivity (Wildman–Crippen MR) is 60.0 cm³/mol. The van der Waals surface area contributed by atoms with E-state index in [1.165, 1.54) is 0 Å². The van der Waals surface area contributed by atoms with Gasteiger partial charge in [-0.15, -0.1) is 0 Å². The highest BCUT2D eigenvalue weighted by molar-refractivity contribution is 6.30. The number of hydrogen-bond acceptors (Lipinski definition) is 2. The first kappa shape index (κ1) is 14.3. The first-order valence-corrected chi connectivity index (χ1v) is 5.47. The van der Waals surface area contributed by atoms with Crippen LogP contribution in [0.3, 0.4) is 0 Å². The second kappa shape index (κ2) is 6.23. The molecule has 2 N–H and O–H groups in total. The van der Waals surface area contributed by atoms with Crippen molar-refractivity contribution < 1.29 is 18.3 Å². The molecule has 0 aliphatic carbocycles. The molecule has 0 amide bonds. The fourth-order valence-corrected chi connectivity index (χ4v) is 1.40. The van der Waals surface area contributed by atoms with Gasteiger partial charge in [-0.1, -0.05) is 23.7 Å². The van der Waals surface area contributed by atoms with Crippen LogP contribution < -0.4 is 5.32 Å². The molecule has 1 aromatic rings. The fourth-order valence-electron chi connectivity index (χ4n) is 1.27. The highest BCUT2D eigenvalue weighted by Gasteiger charge is 2.26. The number of alkyl halides is 3. The summed E-state index contributed by atoms with van der Waals surface area (Å²) in [6.07, 6.45) is -5.90. The van der Waals surface area contributed by atoms with Crippen LogP contribution >= 0.6 is 11.6 Å². The van der Waals surface area contributed by atoms with Crippen molar-refractivity contribution >= 4 is 11.6 Å². The van der Waals surface area contributed by atoms with Crippen LogP contribution in [0.5, 0.6) is 0 Å². The minimum Gasteiger partial charge on any atom is -0.387 e. The van der Waals surface area contributed by atoms with Crippen LogP contribution in [0.1, 0.15) is 18.1 Å². The molecule has 1 rings (SSSR count). The van der Waals surface area contributed by atoms with Gasteiger partial charge in [-0.05, 0) is 17.7 Å². The average molecular weight is 268 g/mol. The number of rotatable bonds is 5. The summed E-state index contributed by atoms with van der Waals surface area (Å²) >= 11 is 5.67. The summed E-state index contributed by atoms with van der Waals surface area (Å²) in [5.41, 5.74) is 0.619. The van der Waals surface area contributed by atoms with Gasteiger partial charge in [0.25, 0.3) is 0 Å². The summed E-state index contributed by atoms with van der Waals surface area (Å²) < 4.78 is 35.5. The summed E-state index contributed by atoms with van der Waals surface area (Å²) in [5, 5.41) is 12.8. The van der Waals surface area contributed by atoms with E-state index < -0.39 is 18.7 Å². The zero-order valence-electron chi connectivity index (χ0n) is 8.97. The Labute approximate surface area is 102 Å². The Balaban J connectivity index is 2.30. The Hall–Kier alpha value is -0.780. The molecule has 0 fully saturated rings. The number of aliphatic hydroxyl groups is 1. The van der Waals surface area contributed by atoms with Crippen molar-refractivity contribution in [2.45, 2.75) is 18.7 Å². The van der Waals surface area contributed by atoms with Crippen LogP contribution in [0.25, 0.3) is 0 Å². The lowest BCUT2D eigenvalue weighted by atomic mass is 10.1. The molecule has 0 saturated heterocycles. The molecule has 1 aromatic carbocycles. The molecule has 0 aliphatic heterocycles. The second-order valence-electron chi connectivity index (χ2n) is 3.64. The Morgan fingerprint density at radius 1 is 1.24 bits per heavy atom. The van der Waals surface area contributed by atoms with Crippen LogP contribution in [-0.4, -0.2) is 24.4 Å². The van der Waals surface area contributed by atoms with Gasteiger partial charge in [-0.3, -0.25) is 0 Å². The molecule has 1 atom stereocenters. The van der Waals surface area contributed by atoms with E-state index in [2.05, 4.69) is 5.32 Å². The second-order valence-corrected chi connectivity index (χ2v) is 4.07. The molecule has 2 nitrogen and oxygen atoms in total. The average Bonchev–Trinajstić information content (AvgIpc) is 2.24. The van der Waals surface area contributed by atoms with E-state index in [0.717, 1.165) is 0 Å². The van der Waals surface area contributed by atoms with E-state index in [4.69, 9.17) is 11.6 Å². The van der Waals surface area contributed by atoms with Crippen molar-refractivity contribution in [3.8, 4) is 0 Å². The molecular weight excluding hydrogens is 255 g/mol. The molecule has 1 unspecified atom stereocenters. The minimum absolute atomic E-state index is 0.0811. The van der Waals surface area contributed by atoms with Crippen molar-refractivity contribution in [2.24, 2.45) is 0 Å². The Morgan fingerprint density at radius 3 is 2.35 bits per heavy atom. The van der Waals surface area contributed by atoms with Crippen molar-refractivity contribution in [1.29, 1.82) is 0 Å². The lowest BCUT2D eigenvalue weighted by Crippen LogP contribution is -2.26. The van der Waals surface area contributed by atoms with Gasteiger partial charge < -0.3 is 10.4 Å². The Morgan fingerprint density at radius 2 is 1.82 bits per heavy atom. The maximum absolute atomic E-state index is 11.8. The van der Waals surface area contributed by atoms with Crippen molar-refractivity contribution in [1.82, 2.24) is 5.32 Å². The third kappa shape index (κ3) is 5.91. The van der Waals surface area contributed by atoms with Crippen molar-refractivity contribution in [3.63, 3.8) is 0 Å². The summed E-state index contributed by atoms with van der Waals surface area (Å²) in [4.78, 5) is 0. The van der Waals surface area contributed by atoms with Crippen LogP contribution in [0.15, 0.2) is 24.3 Å². The van der Waals surface area contributed by atoms with Gasteiger partial charge in [0, 0.05) is 18.1 Å². The zero-order chi connectivity index (χ0) is 12.9. The molecule has 96 valence electrons. The van der Waals surface area contributed by atoms with Gasteiger partial charge in [0.1, 0.15) is 0 Å². The summed E-state index contributed by atoms with van der Waals surface area (Å²) in [5.74, 6) is 0. The van der Waals surface area contributed by atoms with E-state index in [0.29, 0.717) is 10.6 Å². The van der Waals surface area contributed by atoms with Crippen LogP contribution in [0, 0.1) is 0 Å². The van der Waals surface area contributed by atoms with Gasteiger partial charge in [0.15, 0.2) is 0 Å². The lowest BCUT2D eigenvalue weighted by Gasteiger charge is -2.13. The predicted octanol–water partition coefficient (Wildman–Crippen LogP) is 2.92. The molecule has 17 heavy (non-hydrogen) atoms. The third-order valence-corrected chi connectivity index (χ3v) is 2.43. The molecule has 0 spiro atoms. The molecule has 0 saturated carbocycles. The monoisotopic (exact) mass is 267 g/mol. The van der Waals surface area contributed by atoms with Crippen LogP contribution in [0.4, 0.5) is 13.2 Å². The molecule has 0 radical (unpaired) electrons. The van der Waals surface area contributed by atoms with E-state index in [1.807, 2.05) is 0 Å². The topological polar surface area (TPSA) is 32.3 Å². The van der Waals surface area contributed by atoms with Gasteiger partial charge >= 0.3 is 6.18 Å². The third-order valence-electron chi connectivity index (χ3n) is 2.18. The zero-order valence-corrected chi connectivity index (χ0v) is 9.72. The van der Waals surface area contributed by atoms with E-state index in [9.17, 15) is 18.3 Å². The van der Waals surface area contributed by atoms with Crippen LogP contribution in [-0.2, 0) is 0 Å². The summed E-state index contributed by atoms with van der Waals surface area (Å²) in [6, 6.07) is 6.52. The van der Waals surface area contributed by atoms with E-state index >= 15 is 0 Å². The highest BCUT2D eigenvalue weighted by atomic mass is 35.5. The van der Waals surface area contributed by atoms with Gasteiger partial charge in [0.05, 0.1) is 12.5 Å². The maximum atomic E-state index is 11.8. The smallest absolute Gasteiger partial charge is 0.387 e. The molecule has 0 heterocycles. The Bertz CT molecular complexity index is 340. The van der Waals surface area contributed by atoms with Crippen molar-refractivity contribution in [2.75, 3.05) is 13.1 Å².